The Morgan fingerprint density at radius 2 is 2.12 bits per heavy atom. The summed E-state index contributed by atoms with van der Waals surface area (Å²) in [5.41, 5.74) is 0. The van der Waals surface area contributed by atoms with Gasteiger partial charge in [-0.3, -0.25) is 0 Å². The Balaban J connectivity index is 3.17. The molecule has 0 aliphatic rings. The van der Waals surface area contributed by atoms with Gasteiger partial charge in [-0.25, -0.2) is 4.89 Å². The van der Waals surface area contributed by atoms with E-state index < -0.39 is 0 Å². The third kappa shape index (κ3) is 2.99. The Kier molecular flexibility index (Phi) is 3.83. The van der Waals surface area contributed by atoms with E-state index in [0.717, 1.165) is 0 Å². The molecule has 2 heteroatoms. The van der Waals surface area contributed by atoms with E-state index in [1.807, 2.05) is 13.8 Å². The van der Waals surface area contributed by atoms with Crippen LogP contribution in [0, 0.1) is 18.8 Å². The molecule has 0 saturated carbocycles. The molecule has 0 aliphatic heterocycles. The average Bonchev–Trinajstić information content (AvgIpc) is 1.67. The van der Waals surface area contributed by atoms with Gasteiger partial charge in [0, 0.05) is 0 Å². The zero-order valence-corrected chi connectivity index (χ0v) is 5.39. The van der Waals surface area contributed by atoms with Gasteiger partial charge in [-0.1, -0.05) is 13.8 Å². The monoisotopic (exact) mass is 116 g/mol. The highest BCUT2D eigenvalue weighted by atomic mass is 17.1. The Hall–Kier alpha value is -0.0800. The van der Waals surface area contributed by atoms with Crippen LogP contribution in [0.5, 0.6) is 0 Å². The summed E-state index contributed by atoms with van der Waals surface area (Å²) in [6.07, 6.45) is 0. The highest BCUT2D eigenvalue weighted by Gasteiger charge is 2.05. The van der Waals surface area contributed by atoms with E-state index in [4.69, 9.17) is 0 Å². The molecule has 1 unspecified atom stereocenters. The Morgan fingerprint density at radius 1 is 1.62 bits per heavy atom. The molecule has 2 nitrogen and oxygen atoms in total. The largest absolute Gasteiger partial charge is 0.204 e. The molecular weight excluding hydrogens is 104 g/mol. The summed E-state index contributed by atoms with van der Waals surface area (Å²) >= 11 is 0. The normalized spacial score (nSPS) is 14.6. The molecule has 0 N–H and O–H groups in total. The lowest BCUT2D eigenvalue weighted by atomic mass is 10.00. The van der Waals surface area contributed by atoms with Crippen molar-refractivity contribution in [1.82, 2.24) is 0 Å². The molecule has 0 aromatic rings. The van der Waals surface area contributed by atoms with E-state index in [9.17, 15) is 5.26 Å². The van der Waals surface area contributed by atoms with Crippen LogP contribution in [0.2, 0.25) is 0 Å². The van der Waals surface area contributed by atoms with Crippen LogP contribution in [-0.4, -0.2) is 6.61 Å². The van der Waals surface area contributed by atoms with E-state index in [1.54, 1.807) is 0 Å². The lowest BCUT2D eigenvalue weighted by Gasteiger charge is -2.10. The van der Waals surface area contributed by atoms with Gasteiger partial charge in [-0.15, -0.1) is 0 Å². The topological polar surface area (TPSA) is 29.1 Å². The molecule has 0 spiro atoms. The molecule has 48 valence electrons. The number of hydrogen-bond donors (Lipinski definition) is 0. The molecule has 1 atom stereocenters. The summed E-state index contributed by atoms with van der Waals surface area (Å²) in [5, 5.41) is 9.50. The lowest BCUT2D eigenvalue weighted by molar-refractivity contribution is -0.310. The van der Waals surface area contributed by atoms with Crippen molar-refractivity contribution in [2.75, 3.05) is 6.61 Å². The Morgan fingerprint density at radius 3 is 2.25 bits per heavy atom. The highest BCUT2D eigenvalue weighted by molar-refractivity contribution is 4.62. The van der Waals surface area contributed by atoms with Crippen molar-refractivity contribution in [3.05, 3.63) is 6.92 Å². The summed E-state index contributed by atoms with van der Waals surface area (Å²) in [6, 6.07) is 0. The molecule has 2 radical (unpaired) electrons. The van der Waals surface area contributed by atoms with Crippen molar-refractivity contribution in [2.24, 2.45) is 11.8 Å². The van der Waals surface area contributed by atoms with E-state index in [2.05, 4.69) is 11.8 Å². The van der Waals surface area contributed by atoms with Gasteiger partial charge in [0.1, 0.15) is 0 Å². The average molecular weight is 116 g/mol. The molecule has 0 bridgehead atoms. The van der Waals surface area contributed by atoms with Crippen LogP contribution >= 0.6 is 0 Å². The van der Waals surface area contributed by atoms with Crippen LogP contribution in [-0.2, 0) is 10.1 Å². The predicted octanol–water partition coefficient (Wildman–Crippen LogP) is 1.45. The quantitative estimate of drug-likeness (QED) is 0.405. The standard InChI is InChI=1S/C6H12O2/c1-5(2)6(3)4-8-7/h5-6H,3-4H2,1-2H3. The van der Waals surface area contributed by atoms with E-state index >= 15 is 0 Å². The van der Waals surface area contributed by atoms with Gasteiger partial charge in [0.2, 0.25) is 0 Å². The molecule has 0 aromatic carbocycles. The van der Waals surface area contributed by atoms with Gasteiger partial charge < -0.3 is 0 Å². The second kappa shape index (κ2) is 3.87. The minimum atomic E-state index is 0.132. The second-order valence-electron chi connectivity index (χ2n) is 2.29. The molecule has 0 aromatic heterocycles. The Labute approximate surface area is 50.4 Å². The summed E-state index contributed by atoms with van der Waals surface area (Å²) in [5.74, 6) is 0.566. The molecule has 0 amide bonds. The minimum absolute atomic E-state index is 0.132. The van der Waals surface area contributed by atoms with Crippen molar-refractivity contribution in [3.8, 4) is 0 Å². The molecule has 0 saturated heterocycles. The van der Waals surface area contributed by atoms with Gasteiger partial charge in [0.05, 0.1) is 6.61 Å². The van der Waals surface area contributed by atoms with Crippen LogP contribution < -0.4 is 0 Å². The lowest BCUT2D eigenvalue weighted by Crippen LogP contribution is -2.10. The molecule has 0 heterocycles. The molecule has 0 fully saturated rings. The van der Waals surface area contributed by atoms with Gasteiger partial charge in [-0.2, -0.15) is 0 Å². The summed E-state index contributed by atoms with van der Waals surface area (Å²) < 4.78 is 0. The smallest absolute Gasteiger partial charge is 0.0885 e. The SMILES string of the molecule is [CH2]C(CO[O])C(C)C. The Bertz CT molecular complexity index is 52.5. The fourth-order valence-corrected chi connectivity index (χ4v) is 0.280. The second-order valence-corrected chi connectivity index (χ2v) is 2.29. The van der Waals surface area contributed by atoms with Crippen LogP contribution in [0.15, 0.2) is 0 Å². The maximum absolute atomic E-state index is 9.50. The molecule has 8 heavy (non-hydrogen) atoms. The first-order valence-electron chi connectivity index (χ1n) is 2.76. The molecular formula is C6H12O2. The van der Waals surface area contributed by atoms with E-state index in [-0.39, 0.29) is 12.5 Å². The van der Waals surface area contributed by atoms with Gasteiger partial charge in [0.25, 0.3) is 0 Å². The van der Waals surface area contributed by atoms with Crippen LogP contribution in [0.1, 0.15) is 13.8 Å². The first-order valence-corrected chi connectivity index (χ1v) is 2.76. The predicted molar refractivity (Wildman–Crippen MR) is 30.3 cm³/mol. The van der Waals surface area contributed by atoms with Crippen molar-refractivity contribution < 1.29 is 10.1 Å². The van der Waals surface area contributed by atoms with Gasteiger partial charge >= 0.3 is 0 Å². The van der Waals surface area contributed by atoms with Crippen molar-refractivity contribution in [1.29, 1.82) is 0 Å². The van der Waals surface area contributed by atoms with Crippen molar-refractivity contribution in [2.45, 2.75) is 13.8 Å². The highest BCUT2D eigenvalue weighted by Crippen LogP contribution is 2.07. The summed E-state index contributed by atoms with van der Waals surface area (Å²) in [7, 11) is 0. The maximum Gasteiger partial charge on any atom is 0.0885 e. The molecule has 0 aliphatic carbocycles. The third-order valence-electron chi connectivity index (χ3n) is 1.22. The van der Waals surface area contributed by atoms with Crippen LogP contribution in [0.4, 0.5) is 0 Å². The number of hydrogen-bond acceptors (Lipinski definition) is 1. The van der Waals surface area contributed by atoms with Crippen molar-refractivity contribution >= 4 is 0 Å². The molecule has 0 rings (SSSR count). The van der Waals surface area contributed by atoms with E-state index in [0.29, 0.717) is 5.92 Å². The first-order chi connectivity index (χ1) is 3.68. The van der Waals surface area contributed by atoms with Gasteiger partial charge in [-0.05, 0) is 24.0 Å². The first kappa shape index (κ1) is 7.92. The zero-order valence-electron chi connectivity index (χ0n) is 5.39. The van der Waals surface area contributed by atoms with Crippen LogP contribution in [0.25, 0.3) is 0 Å². The fourth-order valence-electron chi connectivity index (χ4n) is 0.280. The van der Waals surface area contributed by atoms with Crippen molar-refractivity contribution in [3.63, 3.8) is 0 Å². The zero-order chi connectivity index (χ0) is 6.57. The van der Waals surface area contributed by atoms with Crippen LogP contribution in [0.3, 0.4) is 0 Å². The summed E-state index contributed by atoms with van der Waals surface area (Å²) in [6.45, 7) is 7.94. The third-order valence-corrected chi connectivity index (χ3v) is 1.22. The van der Waals surface area contributed by atoms with Gasteiger partial charge in [0.15, 0.2) is 0 Å². The van der Waals surface area contributed by atoms with E-state index in [1.165, 1.54) is 0 Å². The fraction of sp³-hybridized carbons (Fsp3) is 0.833. The summed E-state index contributed by atoms with van der Waals surface area (Å²) in [4.78, 5) is 3.65. The number of rotatable bonds is 3. The maximum atomic E-state index is 9.50. The minimum Gasteiger partial charge on any atom is -0.204 e.